The predicted octanol–water partition coefficient (Wildman–Crippen LogP) is 1.72. The molecule has 1 N–H and O–H groups in total. The average molecular weight is 210 g/mol. The molecular formula is C8H6N2O3S. The Hall–Kier alpha value is -1.69. The molecule has 1 aliphatic heterocycles. The number of para-hydroxylation sites is 1. The Morgan fingerprint density at radius 3 is 3.07 bits per heavy atom. The smallest absolute Gasteiger partial charge is 0.296 e. The zero-order valence-corrected chi connectivity index (χ0v) is 7.78. The van der Waals surface area contributed by atoms with Crippen LogP contribution in [-0.2, 0) is 0 Å². The number of rotatable bonds is 2. The van der Waals surface area contributed by atoms with Crippen molar-refractivity contribution in [1.82, 2.24) is 0 Å². The third-order valence-electron chi connectivity index (χ3n) is 1.87. The molecule has 0 amide bonds. The molecular weight excluding hydrogens is 204 g/mol. The van der Waals surface area contributed by atoms with E-state index in [-0.39, 0.29) is 5.69 Å². The van der Waals surface area contributed by atoms with Gasteiger partial charge in [-0.2, -0.15) is 0 Å². The van der Waals surface area contributed by atoms with E-state index in [1.54, 1.807) is 12.1 Å². The molecule has 14 heavy (non-hydrogen) atoms. The monoisotopic (exact) mass is 210 g/mol. The highest BCUT2D eigenvalue weighted by Gasteiger charge is 2.27. The fourth-order valence-corrected chi connectivity index (χ4v) is 1.41. The van der Waals surface area contributed by atoms with E-state index in [1.807, 2.05) is 0 Å². The van der Waals surface area contributed by atoms with Gasteiger partial charge in [0.2, 0.25) is 0 Å². The SMILES string of the molecule is O=[N+]([O-])c1cccc2c1NC(C=S)O2. The van der Waals surface area contributed by atoms with Gasteiger partial charge < -0.3 is 10.1 Å². The van der Waals surface area contributed by atoms with Gasteiger partial charge in [0, 0.05) is 11.4 Å². The minimum Gasteiger partial charge on any atom is -0.464 e. The molecule has 0 saturated carbocycles. The van der Waals surface area contributed by atoms with E-state index in [0.717, 1.165) is 0 Å². The van der Waals surface area contributed by atoms with Crippen LogP contribution in [0.3, 0.4) is 0 Å². The van der Waals surface area contributed by atoms with Crippen molar-refractivity contribution in [1.29, 1.82) is 0 Å². The maximum Gasteiger partial charge on any atom is 0.296 e. The second-order valence-electron chi connectivity index (χ2n) is 2.73. The Balaban J connectivity index is 2.46. The number of ether oxygens (including phenoxy) is 1. The first-order chi connectivity index (χ1) is 6.72. The van der Waals surface area contributed by atoms with Crippen LogP contribution >= 0.6 is 12.2 Å². The number of nitro benzene ring substituents is 1. The minimum absolute atomic E-state index is 0.00171. The molecule has 1 aromatic carbocycles. The van der Waals surface area contributed by atoms with E-state index in [1.165, 1.54) is 11.4 Å². The molecule has 1 atom stereocenters. The van der Waals surface area contributed by atoms with E-state index < -0.39 is 11.2 Å². The molecule has 2 rings (SSSR count). The van der Waals surface area contributed by atoms with Crippen molar-refractivity contribution in [2.45, 2.75) is 6.23 Å². The fourth-order valence-electron chi connectivity index (χ4n) is 1.29. The highest BCUT2D eigenvalue weighted by atomic mass is 32.1. The lowest BCUT2D eigenvalue weighted by atomic mass is 10.2. The van der Waals surface area contributed by atoms with Gasteiger partial charge in [0.1, 0.15) is 0 Å². The average Bonchev–Trinajstić information content (AvgIpc) is 2.59. The minimum atomic E-state index is -0.457. The van der Waals surface area contributed by atoms with Crippen LogP contribution in [0.25, 0.3) is 0 Å². The summed E-state index contributed by atoms with van der Waals surface area (Å²) in [5.41, 5.74) is 0.394. The highest BCUT2D eigenvalue weighted by molar-refractivity contribution is 7.79. The molecule has 0 aromatic heterocycles. The maximum atomic E-state index is 10.6. The molecule has 0 spiro atoms. The molecule has 6 heteroatoms. The van der Waals surface area contributed by atoms with Gasteiger partial charge in [0.05, 0.1) is 4.92 Å². The number of hydrogen-bond acceptors (Lipinski definition) is 5. The summed E-state index contributed by atoms with van der Waals surface area (Å²) in [4.78, 5) is 10.2. The lowest BCUT2D eigenvalue weighted by molar-refractivity contribution is -0.383. The van der Waals surface area contributed by atoms with Gasteiger partial charge in [-0.25, -0.2) is 0 Å². The summed E-state index contributed by atoms with van der Waals surface area (Å²) in [7, 11) is 0. The van der Waals surface area contributed by atoms with E-state index in [0.29, 0.717) is 11.4 Å². The summed E-state index contributed by atoms with van der Waals surface area (Å²) in [5, 5.41) is 14.8. The van der Waals surface area contributed by atoms with Gasteiger partial charge in [-0.05, 0) is 6.07 Å². The lowest BCUT2D eigenvalue weighted by Gasteiger charge is -2.01. The molecule has 1 aromatic rings. The number of thiocarbonyl (C=S) groups is 1. The van der Waals surface area contributed by atoms with Gasteiger partial charge >= 0.3 is 0 Å². The van der Waals surface area contributed by atoms with Crippen molar-refractivity contribution in [2.24, 2.45) is 0 Å². The second-order valence-corrected chi connectivity index (χ2v) is 3.00. The zero-order valence-electron chi connectivity index (χ0n) is 6.97. The van der Waals surface area contributed by atoms with Crippen molar-refractivity contribution < 1.29 is 9.66 Å². The number of hydrogen-bond donors (Lipinski definition) is 1. The molecule has 0 aliphatic carbocycles. The third-order valence-corrected chi connectivity index (χ3v) is 2.11. The van der Waals surface area contributed by atoms with Crippen LogP contribution in [0, 0.1) is 10.1 Å². The van der Waals surface area contributed by atoms with Crippen molar-refractivity contribution in [3.63, 3.8) is 0 Å². The fraction of sp³-hybridized carbons (Fsp3) is 0.125. The quantitative estimate of drug-likeness (QED) is 0.457. The van der Waals surface area contributed by atoms with Crippen molar-refractivity contribution in [2.75, 3.05) is 5.32 Å². The number of fused-ring (bicyclic) bond motifs is 1. The largest absolute Gasteiger partial charge is 0.464 e. The van der Waals surface area contributed by atoms with Crippen LogP contribution in [0.5, 0.6) is 5.75 Å². The maximum absolute atomic E-state index is 10.6. The summed E-state index contributed by atoms with van der Waals surface area (Å²) in [6.07, 6.45) is -0.457. The van der Waals surface area contributed by atoms with Crippen LogP contribution in [-0.4, -0.2) is 16.5 Å². The van der Waals surface area contributed by atoms with Crippen LogP contribution in [0.4, 0.5) is 11.4 Å². The van der Waals surface area contributed by atoms with Crippen molar-refractivity contribution in [3.05, 3.63) is 28.3 Å². The first-order valence-electron chi connectivity index (χ1n) is 3.88. The molecule has 0 radical (unpaired) electrons. The Bertz CT molecular complexity index is 408. The van der Waals surface area contributed by atoms with E-state index >= 15 is 0 Å². The number of anilines is 1. The Kier molecular flexibility index (Phi) is 2.05. The first-order valence-corrected chi connectivity index (χ1v) is 4.35. The second kappa shape index (κ2) is 3.22. The molecule has 0 bridgehead atoms. The van der Waals surface area contributed by atoms with Crippen molar-refractivity contribution >= 4 is 29.0 Å². The zero-order chi connectivity index (χ0) is 10.1. The number of nitrogens with zero attached hydrogens (tertiary/aromatic N) is 1. The Labute approximate surface area is 84.8 Å². The number of benzene rings is 1. The first kappa shape index (κ1) is 8.89. The van der Waals surface area contributed by atoms with Gasteiger partial charge in [-0.15, -0.1) is 0 Å². The summed E-state index contributed by atoms with van der Waals surface area (Å²) >= 11 is 4.69. The summed E-state index contributed by atoms with van der Waals surface area (Å²) < 4.78 is 5.27. The number of nitro groups is 1. The molecule has 1 unspecified atom stereocenters. The Morgan fingerprint density at radius 1 is 1.64 bits per heavy atom. The van der Waals surface area contributed by atoms with Crippen LogP contribution in [0.2, 0.25) is 0 Å². The molecule has 1 heterocycles. The van der Waals surface area contributed by atoms with Crippen LogP contribution < -0.4 is 10.1 Å². The summed E-state index contributed by atoms with van der Waals surface area (Å²) in [6.45, 7) is 0. The van der Waals surface area contributed by atoms with Gasteiger partial charge in [-0.1, -0.05) is 18.3 Å². The summed E-state index contributed by atoms with van der Waals surface area (Å²) in [6, 6.07) is 4.65. The third kappa shape index (κ3) is 1.29. The van der Waals surface area contributed by atoms with Crippen LogP contribution in [0.15, 0.2) is 18.2 Å². The molecule has 72 valence electrons. The van der Waals surface area contributed by atoms with Crippen molar-refractivity contribution in [3.8, 4) is 5.75 Å². The van der Waals surface area contributed by atoms with E-state index in [9.17, 15) is 10.1 Å². The molecule has 0 saturated heterocycles. The van der Waals surface area contributed by atoms with E-state index in [2.05, 4.69) is 17.5 Å². The number of nitrogens with one attached hydrogen (secondary N) is 1. The molecule has 1 aliphatic rings. The highest BCUT2D eigenvalue weighted by Crippen LogP contribution is 2.38. The topological polar surface area (TPSA) is 64.4 Å². The van der Waals surface area contributed by atoms with Gasteiger partial charge in [0.25, 0.3) is 5.69 Å². The predicted molar refractivity (Wildman–Crippen MR) is 54.8 cm³/mol. The molecule has 0 fully saturated rings. The van der Waals surface area contributed by atoms with Gasteiger partial charge in [-0.3, -0.25) is 10.1 Å². The lowest BCUT2D eigenvalue weighted by Crippen LogP contribution is -2.20. The molecule has 5 nitrogen and oxygen atoms in total. The van der Waals surface area contributed by atoms with Gasteiger partial charge in [0.15, 0.2) is 17.7 Å². The van der Waals surface area contributed by atoms with E-state index in [4.69, 9.17) is 4.74 Å². The normalized spacial score (nSPS) is 17.9. The summed E-state index contributed by atoms with van der Waals surface area (Å²) in [5.74, 6) is 0.463. The Morgan fingerprint density at radius 2 is 2.43 bits per heavy atom. The van der Waals surface area contributed by atoms with Crippen LogP contribution in [0.1, 0.15) is 0 Å². The standard InChI is InChI=1S/C8H6N2O3S/c11-10(12)5-2-1-3-6-8(5)9-7(4-14)13-6/h1-4,7,9H.